The van der Waals surface area contributed by atoms with Crippen molar-refractivity contribution in [2.24, 2.45) is 0 Å². The molecule has 0 atom stereocenters. The molecule has 20 heavy (non-hydrogen) atoms. The summed E-state index contributed by atoms with van der Waals surface area (Å²) in [6.45, 7) is 0. The molecule has 0 radical (unpaired) electrons. The molecule has 2 aromatic rings. The van der Waals surface area contributed by atoms with Crippen molar-refractivity contribution in [3.63, 3.8) is 0 Å². The van der Waals surface area contributed by atoms with E-state index in [-0.39, 0.29) is 5.78 Å². The largest absolute Gasteiger partial charge is 0.497 e. The average Bonchev–Trinajstić information content (AvgIpc) is 2.47. The van der Waals surface area contributed by atoms with Gasteiger partial charge < -0.3 is 10.5 Å². The van der Waals surface area contributed by atoms with Gasteiger partial charge in [-0.1, -0.05) is 28.1 Å². The van der Waals surface area contributed by atoms with Crippen molar-refractivity contribution in [2.75, 3.05) is 12.8 Å². The Labute approximate surface area is 126 Å². The SMILES string of the molecule is COc1ccc(CCC(=O)c2cc(Br)ccc2N)cc1. The number of hydrogen-bond acceptors (Lipinski definition) is 3. The molecule has 0 aromatic heterocycles. The molecule has 0 unspecified atom stereocenters. The lowest BCUT2D eigenvalue weighted by Crippen LogP contribution is -2.05. The molecule has 4 heteroatoms. The van der Waals surface area contributed by atoms with Gasteiger partial charge in [0.2, 0.25) is 0 Å². The quantitative estimate of drug-likeness (QED) is 0.667. The molecule has 2 aromatic carbocycles. The van der Waals surface area contributed by atoms with Crippen LogP contribution in [0.25, 0.3) is 0 Å². The highest BCUT2D eigenvalue weighted by atomic mass is 79.9. The molecule has 0 heterocycles. The minimum Gasteiger partial charge on any atom is -0.497 e. The number of anilines is 1. The molecule has 0 fully saturated rings. The van der Waals surface area contributed by atoms with Gasteiger partial charge in [0.1, 0.15) is 5.75 Å². The monoisotopic (exact) mass is 333 g/mol. The van der Waals surface area contributed by atoms with Crippen molar-refractivity contribution in [1.82, 2.24) is 0 Å². The van der Waals surface area contributed by atoms with Crippen LogP contribution in [-0.2, 0) is 6.42 Å². The smallest absolute Gasteiger partial charge is 0.165 e. The van der Waals surface area contributed by atoms with Crippen LogP contribution >= 0.6 is 15.9 Å². The zero-order valence-electron chi connectivity index (χ0n) is 11.2. The van der Waals surface area contributed by atoms with Gasteiger partial charge in [-0.15, -0.1) is 0 Å². The van der Waals surface area contributed by atoms with E-state index in [4.69, 9.17) is 10.5 Å². The van der Waals surface area contributed by atoms with Crippen LogP contribution in [0.15, 0.2) is 46.9 Å². The molecule has 0 bridgehead atoms. The standard InChI is InChI=1S/C16H16BrNO2/c1-20-13-6-2-11(3-7-13)4-9-16(19)14-10-12(17)5-8-15(14)18/h2-3,5-8,10H,4,9,18H2,1H3. The first-order chi connectivity index (χ1) is 9.60. The number of methoxy groups -OCH3 is 1. The second kappa shape index (κ2) is 6.57. The molecule has 0 amide bonds. The van der Waals surface area contributed by atoms with Crippen molar-refractivity contribution in [3.8, 4) is 5.75 Å². The fraction of sp³-hybridized carbons (Fsp3) is 0.188. The number of halogens is 1. The predicted molar refractivity (Wildman–Crippen MR) is 84.2 cm³/mol. The Balaban J connectivity index is 2.02. The molecular weight excluding hydrogens is 318 g/mol. The van der Waals surface area contributed by atoms with E-state index in [1.807, 2.05) is 30.3 Å². The fourth-order valence-electron chi connectivity index (χ4n) is 1.95. The normalized spacial score (nSPS) is 10.3. The number of rotatable bonds is 5. The number of ether oxygens (including phenoxy) is 1. The lowest BCUT2D eigenvalue weighted by molar-refractivity contribution is 0.0983. The van der Waals surface area contributed by atoms with Crippen LogP contribution in [0.5, 0.6) is 5.75 Å². The van der Waals surface area contributed by atoms with Gasteiger partial charge >= 0.3 is 0 Å². The topological polar surface area (TPSA) is 52.3 Å². The second-order valence-corrected chi connectivity index (χ2v) is 5.42. The number of hydrogen-bond donors (Lipinski definition) is 1. The van der Waals surface area contributed by atoms with Gasteiger partial charge in [0.05, 0.1) is 7.11 Å². The maximum absolute atomic E-state index is 12.2. The molecule has 0 aliphatic carbocycles. The summed E-state index contributed by atoms with van der Waals surface area (Å²) in [7, 11) is 1.63. The Bertz CT molecular complexity index is 608. The molecule has 2 N–H and O–H groups in total. The zero-order valence-corrected chi connectivity index (χ0v) is 12.8. The third-order valence-electron chi connectivity index (χ3n) is 3.12. The highest BCUT2D eigenvalue weighted by molar-refractivity contribution is 9.10. The number of Topliss-reactive ketones (excluding diaryl/α,β-unsaturated/α-hetero) is 1. The highest BCUT2D eigenvalue weighted by Gasteiger charge is 2.10. The van der Waals surface area contributed by atoms with E-state index in [0.717, 1.165) is 15.8 Å². The van der Waals surface area contributed by atoms with Crippen LogP contribution in [0, 0.1) is 0 Å². The summed E-state index contributed by atoms with van der Waals surface area (Å²) in [5.74, 6) is 0.871. The van der Waals surface area contributed by atoms with Crippen molar-refractivity contribution in [1.29, 1.82) is 0 Å². The van der Waals surface area contributed by atoms with E-state index >= 15 is 0 Å². The van der Waals surface area contributed by atoms with Gasteiger partial charge in [-0.05, 0) is 42.3 Å². The van der Waals surface area contributed by atoms with Gasteiger partial charge in [0.25, 0.3) is 0 Å². The number of nitrogen functional groups attached to an aromatic ring is 1. The first-order valence-corrected chi connectivity index (χ1v) is 7.10. The Morgan fingerprint density at radius 3 is 2.55 bits per heavy atom. The van der Waals surface area contributed by atoms with Crippen molar-refractivity contribution >= 4 is 27.4 Å². The summed E-state index contributed by atoms with van der Waals surface area (Å²) in [6, 6.07) is 13.1. The van der Waals surface area contributed by atoms with Gasteiger partial charge in [-0.2, -0.15) is 0 Å². The number of carbonyl (C=O) groups is 1. The maximum Gasteiger partial charge on any atom is 0.165 e. The van der Waals surface area contributed by atoms with Crippen LogP contribution in [0.4, 0.5) is 5.69 Å². The number of ketones is 1. The van der Waals surface area contributed by atoms with Crippen molar-refractivity contribution in [3.05, 3.63) is 58.1 Å². The van der Waals surface area contributed by atoms with E-state index in [0.29, 0.717) is 24.1 Å². The predicted octanol–water partition coefficient (Wildman–Crippen LogP) is 3.86. The molecular formula is C16H16BrNO2. The zero-order chi connectivity index (χ0) is 14.5. The van der Waals surface area contributed by atoms with E-state index in [2.05, 4.69) is 15.9 Å². The molecule has 0 saturated carbocycles. The molecule has 104 valence electrons. The Morgan fingerprint density at radius 2 is 1.90 bits per heavy atom. The van der Waals surface area contributed by atoms with Gasteiger partial charge in [-0.3, -0.25) is 4.79 Å². The molecule has 0 saturated heterocycles. The average molecular weight is 334 g/mol. The highest BCUT2D eigenvalue weighted by Crippen LogP contribution is 2.21. The first kappa shape index (κ1) is 14.6. The van der Waals surface area contributed by atoms with Crippen LogP contribution in [0.1, 0.15) is 22.3 Å². The summed E-state index contributed by atoms with van der Waals surface area (Å²) >= 11 is 3.35. The summed E-state index contributed by atoms with van der Waals surface area (Å²) in [6.07, 6.45) is 1.13. The van der Waals surface area contributed by atoms with Gasteiger partial charge in [0.15, 0.2) is 5.78 Å². The molecule has 0 spiro atoms. The van der Waals surface area contributed by atoms with E-state index in [9.17, 15) is 4.79 Å². The van der Waals surface area contributed by atoms with E-state index in [1.54, 1.807) is 19.2 Å². The Morgan fingerprint density at radius 1 is 1.20 bits per heavy atom. The molecule has 0 aliphatic heterocycles. The molecule has 3 nitrogen and oxygen atoms in total. The van der Waals surface area contributed by atoms with Crippen LogP contribution in [0.2, 0.25) is 0 Å². The Hall–Kier alpha value is -1.81. The number of benzene rings is 2. The van der Waals surface area contributed by atoms with Crippen LogP contribution in [-0.4, -0.2) is 12.9 Å². The summed E-state index contributed by atoms with van der Waals surface area (Å²) in [5.41, 5.74) is 8.04. The van der Waals surface area contributed by atoms with E-state index < -0.39 is 0 Å². The molecule has 0 aliphatic rings. The van der Waals surface area contributed by atoms with E-state index in [1.165, 1.54) is 0 Å². The molecule has 2 rings (SSSR count). The summed E-state index contributed by atoms with van der Waals surface area (Å²) in [4.78, 5) is 12.2. The first-order valence-electron chi connectivity index (χ1n) is 6.31. The van der Waals surface area contributed by atoms with Crippen molar-refractivity contribution in [2.45, 2.75) is 12.8 Å². The van der Waals surface area contributed by atoms with Crippen LogP contribution in [0.3, 0.4) is 0 Å². The van der Waals surface area contributed by atoms with Crippen LogP contribution < -0.4 is 10.5 Å². The fourth-order valence-corrected chi connectivity index (χ4v) is 2.32. The minimum atomic E-state index is 0.0552. The van der Waals surface area contributed by atoms with Crippen molar-refractivity contribution < 1.29 is 9.53 Å². The number of aryl methyl sites for hydroxylation is 1. The van der Waals surface area contributed by atoms with Gasteiger partial charge in [-0.25, -0.2) is 0 Å². The number of carbonyl (C=O) groups excluding carboxylic acids is 1. The summed E-state index contributed by atoms with van der Waals surface area (Å²) < 4.78 is 5.96. The lowest BCUT2D eigenvalue weighted by Gasteiger charge is -2.06. The maximum atomic E-state index is 12.2. The lowest BCUT2D eigenvalue weighted by atomic mass is 10.0. The second-order valence-electron chi connectivity index (χ2n) is 4.50. The summed E-state index contributed by atoms with van der Waals surface area (Å²) in [5, 5.41) is 0. The number of nitrogens with two attached hydrogens (primary N) is 1. The third-order valence-corrected chi connectivity index (χ3v) is 3.61. The minimum absolute atomic E-state index is 0.0552. The Kier molecular flexibility index (Phi) is 4.79. The third kappa shape index (κ3) is 3.61. The van der Waals surface area contributed by atoms with Gasteiger partial charge in [0, 0.05) is 22.1 Å².